The van der Waals surface area contributed by atoms with Crippen molar-refractivity contribution in [3.63, 3.8) is 0 Å². The van der Waals surface area contributed by atoms with E-state index in [9.17, 15) is 26.0 Å². The van der Waals surface area contributed by atoms with Gasteiger partial charge in [0.25, 0.3) is 0 Å². The third kappa shape index (κ3) is 4.17. The molecular formula is C21H14F4N2O3S2. The van der Waals surface area contributed by atoms with Gasteiger partial charge >= 0.3 is 6.18 Å². The van der Waals surface area contributed by atoms with Gasteiger partial charge in [-0.25, -0.2) is 17.8 Å². The Kier molecular flexibility index (Phi) is 5.63. The van der Waals surface area contributed by atoms with Gasteiger partial charge in [-0.1, -0.05) is 6.07 Å². The van der Waals surface area contributed by atoms with Crippen molar-refractivity contribution in [2.45, 2.75) is 16.8 Å². The first kappa shape index (κ1) is 22.2. The van der Waals surface area contributed by atoms with Gasteiger partial charge < -0.3 is 4.74 Å². The van der Waals surface area contributed by atoms with Gasteiger partial charge in [-0.2, -0.15) is 13.2 Å². The highest BCUT2D eigenvalue weighted by atomic mass is 32.2. The smallest absolute Gasteiger partial charge is 0.416 e. The van der Waals surface area contributed by atoms with Crippen molar-refractivity contribution >= 4 is 31.9 Å². The summed E-state index contributed by atoms with van der Waals surface area (Å²) in [5.74, 6) is -1.19. The molecule has 0 fully saturated rings. The lowest BCUT2D eigenvalue weighted by molar-refractivity contribution is -0.137. The number of ether oxygens (including phenoxy) is 1. The minimum atomic E-state index is -4.56. The van der Waals surface area contributed by atoms with Crippen LogP contribution in [0.4, 0.5) is 17.6 Å². The molecule has 0 spiro atoms. The number of halogens is 4. The van der Waals surface area contributed by atoms with Crippen molar-refractivity contribution in [2.75, 3.05) is 7.11 Å². The van der Waals surface area contributed by atoms with Crippen LogP contribution < -0.4 is 4.74 Å². The molecule has 2 aromatic carbocycles. The highest BCUT2D eigenvalue weighted by Gasteiger charge is 2.31. The van der Waals surface area contributed by atoms with Crippen LogP contribution in [-0.2, 0) is 21.8 Å². The number of alkyl halides is 3. The number of benzene rings is 2. The standard InChI is InChI=1S/C21H14F4N2O3S2/c1-30-18-8-12(21(23,24)25)2-4-15(18)20-14-5-3-13(9-16(14)17(22)10-27-20)32(28,29)11-19-26-6-7-31-19/h2-10H,11H2,1H3. The second kappa shape index (κ2) is 8.14. The fraction of sp³-hybridized carbons (Fsp3) is 0.143. The summed E-state index contributed by atoms with van der Waals surface area (Å²) in [6.07, 6.45) is -2.18. The van der Waals surface area contributed by atoms with Gasteiger partial charge in [-0.05, 0) is 30.3 Å². The fourth-order valence-corrected chi connectivity index (χ4v) is 5.51. The molecule has 0 N–H and O–H groups in total. The predicted molar refractivity (Wildman–Crippen MR) is 112 cm³/mol. The van der Waals surface area contributed by atoms with Gasteiger partial charge in [0, 0.05) is 27.9 Å². The molecule has 0 aliphatic carbocycles. The lowest BCUT2D eigenvalue weighted by Gasteiger charge is -2.14. The Morgan fingerprint density at radius 3 is 2.50 bits per heavy atom. The monoisotopic (exact) mass is 482 g/mol. The molecule has 0 radical (unpaired) electrons. The van der Waals surface area contributed by atoms with Crippen molar-refractivity contribution in [3.8, 4) is 17.0 Å². The summed E-state index contributed by atoms with van der Waals surface area (Å²) in [6.45, 7) is 0. The van der Waals surface area contributed by atoms with Crippen LogP contribution in [0.1, 0.15) is 10.6 Å². The van der Waals surface area contributed by atoms with Crippen molar-refractivity contribution in [2.24, 2.45) is 0 Å². The maximum Gasteiger partial charge on any atom is 0.416 e. The number of thiazole rings is 1. The predicted octanol–water partition coefficient (Wildman–Crippen LogP) is 5.50. The number of aromatic nitrogens is 2. The molecule has 0 bridgehead atoms. The number of hydrogen-bond acceptors (Lipinski definition) is 6. The first-order valence-electron chi connectivity index (χ1n) is 9.05. The van der Waals surface area contributed by atoms with Crippen molar-refractivity contribution < 1.29 is 30.7 Å². The highest BCUT2D eigenvalue weighted by Crippen LogP contribution is 2.39. The summed E-state index contributed by atoms with van der Waals surface area (Å²) in [5, 5.41) is 2.25. The van der Waals surface area contributed by atoms with Crippen LogP contribution in [0.2, 0.25) is 0 Å². The number of fused-ring (bicyclic) bond motifs is 1. The lowest BCUT2D eigenvalue weighted by atomic mass is 10.0. The molecule has 166 valence electrons. The Bertz CT molecular complexity index is 1400. The Balaban J connectivity index is 1.84. The van der Waals surface area contributed by atoms with E-state index >= 15 is 0 Å². The van der Waals surface area contributed by atoms with Crippen LogP contribution in [0.15, 0.2) is 59.1 Å². The number of pyridine rings is 1. The number of methoxy groups -OCH3 is 1. The third-order valence-corrected chi connectivity index (χ3v) is 7.34. The van der Waals surface area contributed by atoms with Gasteiger partial charge in [0.05, 0.1) is 29.5 Å². The normalized spacial score (nSPS) is 12.3. The van der Waals surface area contributed by atoms with Crippen molar-refractivity contribution in [1.29, 1.82) is 0 Å². The molecule has 0 atom stereocenters. The molecule has 0 saturated heterocycles. The molecule has 32 heavy (non-hydrogen) atoms. The van der Waals surface area contributed by atoms with E-state index in [1.165, 1.54) is 48.9 Å². The summed E-state index contributed by atoms with van der Waals surface area (Å²) in [6, 6.07) is 6.78. The summed E-state index contributed by atoms with van der Waals surface area (Å²) in [4.78, 5) is 7.90. The molecule has 0 saturated carbocycles. The first-order chi connectivity index (χ1) is 15.1. The van der Waals surface area contributed by atoms with Crippen LogP contribution in [0.5, 0.6) is 5.75 Å². The van der Waals surface area contributed by atoms with Crippen LogP contribution in [0.25, 0.3) is 22.0 Å². The minimum absolute atomic E-state index is 0.0304. The maximum atomic E-state index is 14.6. The van der Waals surface area contributed by atoms with Gasteiger partial charge in [0.2, 0.25) is 0 Å². The number of rotatable bonds is 5. The summed E-state index contributed by atoms with van der Waals surface area (Å²) in [7, 11) is -2.58. The second-order valence-electron chi connectivity index (χ2n) is 6.76. The zero-order valence-electron chi connectivity index (χ0n) is 16.4. The molecule has 4 aromatic rings. The molecule has 2 aromatic heterocycles. The topological polar surface area (TPSA) is 69.2 Å². The molecule has 4 rings (SSSR count). The van der Waals surface area contributed by atoms with Crippen molar-refractivity contribution in [3.05, 3.63) is 70.6 Å². The van der Waals surface area contributed by atoms with E-state index in [0.29, 0.717) is 5.01 Å². The van der Waals surface area contributed by atoms with Gasteiger partial charge in [-0.15, -0.1) is 11.3 Å². The zero-order valence-corrected chi connectivity index (χ0v) is 18.0. The third-order valence-electron chi connectivity index (χ3n) is 4.75. The molecule has 0 aliphatic heterocycles. The summed E-state index contributed by atoms with van der Waals surface area (Å²) < 4.78 is 84.3. The Morgan fingerprint density at radius 1 is 1.06 bits per heavy atom. The number of hydrogen-bond donors (Lipinski definition) is 0. The van der Waals surface area contributed by atoms with E-state index in [4.69, 9.17) is 4.74 Å². The molecule has 2 heterocycles. The molecule has 0 aliphatic rings. The zero-order chi connectivity index (χ0) is 23.1. The average molecular weight is 482 g/mol. The Morgan fingerprint density at radius 2 is 1.84 bits per heavy atom. The fourth-order valence-electron chi connectivity index (χ4n) is 3.23. The van der Waals surface area contributed by atoms with E-state index in [1.807, 2.05) is 0 Å². The van der Waals surface area contributed by atoms with Crippen molar-refractivity contribution in [1.82, 2.24) is 9.97 Å². The van der Waals surface area contributed by atoms with E-state index in [0.717, 1.165) is 18.3 Å². The highest BCUT2D eigenvalue weighted by molar-refractivity contribution is 7.90. The minimum Gasteiger partial charge on any atom is -0.496 e. The van der Waals surface area contributed by atoms with Crippen LogP contribution in [0.3, 0.4) is 0 Å². The number of nitrogens with zero attached hydrogens (tertiary/aromatic N) is 2. The van der Waals surface area contributed by atoms with E-state index in [-0.39, 0.29) is 38.4 Å². The lowest BCUT2D eigenvalue weighted by Crippen LogP contribution is -2.06. The molecule has 0 amide bonds. The van der Waals surface area contributed by atoms with Crippen LogP contribution in [-0.4, -0.2) is 25.5 Å². The van der Waals surface area contributed by atoms with Gasteiger partial charge in [-0.3, -0.25) is 4.98 Å². The molecule has 11 heteroatoms. The van der Waals surface area contributed by atoms with E-state index in [2.05, 4.69) is 9.97 Å². The van der Waals surface area contributed by atoms with Crippen LogP contribution >= 0.6 is 11.3 Å². The Hall–Kier alpha value is -3.05. The van der Waals surface area contributed by atoms with Crippen LogP contribution in [0, 0.1) is 5.82 Å². The largest absolute Gasteiger partial charge is 0.496 e. The van der Waals surface area contributed by atoms with Gasteiger partial charge in [0.1, 0.15) is 22.3 Å². The Labute approximate surface area is 184 Å². The van der Waals surface area contributed by atoms with E-state index < -0.39 is 27.4 Å². The summed E-state index contributed by atoms with van der Waals surface area (Å²) >= 11 is 1.19. The quantitative estimate of drug-likeness (QED) is 0.352. The maximum absolute atomic E-state index is 14.6. The number of sulfone groups is 1. The van der Waals surface area contributed by atoms with E-state index in [1.54, 1.807) is 5.38 Å². The molecule has 0 unspecified atom stereocenters. The SMILES string of the molecule is COc1cc(C(F)(F)F)ccc1-c1ncc(F)c2cc(S(=O)(=O)Cc3nccs3)ccc12. The summed E-state index contributed by atoms with van der Waals surface area (Å²) in [5.41, 5.74) is -0.528. The molecular weight excluding hydrogens is 468 g/mol. The first-order valence-corrected chi connectivity index (χ1v) is 11.6. The molecule has 5 nitrogen and oxygen atoms in total. The second-order valence-corrected chi connectivity index (χ2v) is 9.73. The van der Waals surface area contributed by atoms with Gasteiger partial charge in [0.15, 0.2) is 9.84 Å². The average Bonchev–Trinajstić information content (AvgIpc) is 3.25.